The molecule has 7 nitrogen and oxygen atoms in total. The van der Waals surface area contributed by atoms with Crippen LogP contribution in [0.25, 0.3) is 6.08 Å². The number of esters is 1. The molecule has 0 aromatic heterocycles. The summed E-state index contributed by atoms with van der Waals surface area (Å²) < 4.78 is 4.79. The minimum absolute atomic E-state index is 0.0669. The van der Waals surface area contributed by atoms with Gasteiger partial charge in [-0.05, 0) is 41.7 Å². The summed E-state index contributed by atoms with van der Waals surface area (Å²) in [5.41, 5.74) is 3.00. The standard InChI is InChI=1S/C25H24N2O5/c1-4-16-9-10-20(26-12-11-21(26)28)23(19(16)13-15(2)14-22(29)32-3)27-24(30)17-7-5-6-8-18(17)25(27)31/h4-10,15H,1,11-14H2,2-3H3/t15-/m1/s1. The SMILES string of the molecule is C=Cc1ccc(N2CCC2=O)c(N2C(=O)c3ccccc3C2=O)c1C[C@@H](C)CC(=O)OC. The number of methoxy groups -OCH3 is 1. The third-order valence-electron chi connectivity index (χ3n) is 5.97. The van der Waals surface area contributed by atoms with Crippen LogP contribution in [0.4, 0.5) is 11.4 Å². The van der Waals surface area contributed by atoms with E-state index in [0.29, 0.717) is 47.5 Å². The van der Waals surface area contributed by atoms with Crippen LogP contribution in [0, 0.1) is 5.92 Å². The fourth-order valence-corrected chi connectivity index (χ4v) is 4.26. The highest BCUT2D eigenvalue weighted by molar-refractivity contribution is 6.35. The lowest BCUT2D eigenvalue weighted by Gasteiger charge is -2.35. The van der Waals surface area contributed by atoms with E-state index in [9.17, 15) is 19.2 Å². The molecule has 0 aliphatic carbocycles. The molecule has 4 rings (SSSR count). The molecule has 0 bridgehead atoms. The Bertz CT molecular complexity index is 1120. The van der Waals surface area contributed by atoms with Crippen LogP contribution in [0.2, 0.25) is 0 Å². The van der Waals surface area contributed by atoms with Gasteiger partial charge in [0.05, 0.1) is 29.6 Å². The number of ether oxygens (including phenoxy) is 1. The number of amides is 3. The lowest BCUT2D eigenvalue weighted by Crippen LogP contribution is -2.45. The number of rotatable bonds is 7. The van der Waals surface area contributed by atoms with Crippen LogP contribution in [0.3, 0.4) is 0 Å². The molecule has 2 aliphatic rings. The monoisotopic (exact) mass is 432 g/mol. The van der Waals surface area contributed by atoms with E-state index < -0.39 is 11.8 Å². The van der Waals surface area contributed by atoms with E-state index in [1.54, 1.807) is 41.3 Å². The van der Waals surface area contributed by atoms with Gasteiger partial charge in [-0.25, -0.2) is 4.90 Å². The fourth-order valence-electron chi connectivity index (χ4n) is 4.26. The summed E-state index contributed by atoms with van der Waals surface area (Å²) in [4.78, 5) is 53.5. The van der Waals surface area contributed by atoms with Gasteiger partial charge in [0.25, 0.3) is 11.8 Å². The third kappa shape index (κ3) is 3.49. The maximum Gasteiger partial charge on any atom is 0.305 e. The third-order valence-corrected chi connectivity index (χ3v) is 5.97. The second-order valence-electron chi connectivity index (χ2n) is 8.08. The zero-order valence-electron chi connectivity index (χ0n) is 18.1. The van der Waals surface area contributed by atoms with E-state index in [2.05, 4.69) is 6.58 Å². The quantitative estimate of drug-likeness (QED) is 0.379. The van der Waals surface area contributed by atoms with Crippen molar-refractivity contribution in [1.82, 2.24) is 0 Å². The number of carbonyl (C=O) groups excluding carboxylic acids is 4. The van der Waals surface area contributed by atoms with Gasteiger partial charge >= 0.3 is 5.97 Å². The first-order valence-electron chi connectivity index (χ1n) is 10.5. The second-order valence-corrected chi connectivity index (χ2v) is 8.08. The van der Waals surface area contributed by atoms with Gasteiger partial charge in [0.2, 0.25) is 5.91 Å². The van der Waals surface area contributed by atoms with Crippen molar-refractivity contribution in [2.45, 2.75) is 26.2 Å². The maximum atomic E-state index is 13.3. The first kappa shape index (κ1) is 21.5. The summed E-state index contributed by atoms with van der Waals surface area (Å²) in [7, 11) is 1.34. The number of hydrogen-bond donors (Lipinski definition) is 0. The summed E-state index contributed by atoms with van der Waals surface area (Å²) in [6.07, 6.45) is 2.65. The summed E-state index contributed by atoms with van der Waals surface area (Å²) in [5.74, 6) is -1.39. The molecule has 7 heteroatoms. The van der Waals surface area contributed by atoms with E-state index in [1.165, 1.54) is 12.0 Å². The molecule has 0 saturated carbocycles. The fraction of sp³-hybridized carbons (Fsp3) is 0.280. The Labute approximate surface area is 186 Å². The van der Waals surface area contributed by atoms with Crippen molar-refractivity contribution in [3.05, 3.63) is 65.2 Å². The predicted octanol–water partition coefficient (Wildman–Crippen LogP) is 3.61. The molecule has 164 valence electrons. The Hall–Kier alpha value is -3.74. The van der Waals surface area contributed by atoms with Crippen LogP contribution in [-0.2, 0) is 20.7 Å². The van der Waals surface area contributed by atoms with Gasteiger partial charge in [0, 0.05) is 19.4 Å². The molecular weight excluding hydrogens is 408 g/mol. The molecule has 2 aromatic rings. The van der Waals surface area contributed by atoms with Gasteiger partial charge in [-0.1, -0.05) is 37.8 Å². The number of β-lactam (4-membered cyclic amide) rings is 1. The molecule has 0 radical (unpaired) electrons. The van der Waals surface area contributed by atoms with Gasteiger partial charge in [0.15, 0.2) is 0 Å². The van der Waals surface area contributed by atoms with E-state index in [4.69, 9.17) is 4.74 Å². The number of anilines is 2. The molecule has 0 spiro atoms. The lowest BCUT2D eigenvalue weighted by atomic mass is 9.91. The predicted molar refractivity (Wildman–Crippen MR) is 121 cm³/mol. The first-order valence-corrected chi connectivity index (χ1v) is 10.5. The lowest BCUT2D eigenvalue weighted by molar-refractivity contribution is -0.141. The average molecular weight is 432 g/mol. The molecule has 0 N–H and O–H groups in total. The molecule has 32 heavy (non-hydrogen) atoms. The van der Waals surface area contributed by atoms with E-state index in [0.717, 1.165) is 5.56 Å². The van der Waals surface area contributed by atoms with Crippen LogP contribution in [0.5, 0.6) is 0 Å². The van der Waals surface area contributed by atoms with Crippen LogP contribution in [0.15, 0.2) is 43.0 Å². The van der Waals surface area contributed by atoms with Crippen LogP contribution in [0.1, 0.15) is 51.6 Å². The van der Waals surface area contributed by atoms with E-state index in [-0.39, 0.29) is 24.2 Å². The second kappa shape index (κ2) is 8.42. The Morgan fingerprint density at radius 1 is 1.12 bits per heavy atom. The van der Waals surface area contributed by atoms with Gasteiger partial charge in [-0.15, -0.1) is 0 Å². The molecule has 1 fully saturated rings. The average Bonchev–Trinajstić information content (AvgIpc) is 3.03. The number of nitrogens with zero attached hydrogens (tertiary/aromatic N) is 2. The first-order chi connectivity index (χ1) is 15.4. The molecule has 2 aromatic carbocycles. The minimum Gasteiger partial charge on any atom is -0.469 e. The highest BCUT2D eigenvalue weighted by Crippen LogP contribution is 2.42. The van der Waals surface area contributed by atoms with Gasteiger partial charge in [0.1, 0.15) is 0 Å². The molecule has 3 amide bonds. The molecule has 2 aliphatic heterocycles. The topological polar surface area (TPSA) is 84.0 Å². The zero-order chi connectivity index (χ0) is 23.0. The van der Waals surface area contributed by atoms with Crippen molar-refractivity contribution in [3.63, 3.8) is 0 Å². The number of carbonyl (C=O) groups is 4. The van der Waals surface area contributed by atoms with Crippen molar-refractivity contribution < 1.29 is 23.9 Å². The van der Waals surface area contributed by atoms with Crippen molar-refractivity contribution in [3.8, 4) is 0 Å². The number of fused-ring (bicyclic) bond motifs is 1. The Morgan fingerprint density at radius 2 is 1.78 bits per heavy atom. The highest BCUT2D eigenvalue weighted by Gasteiger charge is 2.41. The van der Waals surface area contributed by atoms with Crippen LogP contribution < -0.4 is 9.80 Å². The Balaban J connectivity index is 1.88. The molecular formula is C25H24N2O5. The largest absolute Gasteiger partial charge is 0.469 e. The minimum atomic E-state index is -0.428. The van der Waals surface area contributed by atoms with Crippen molar-refractivity contribution >= 4 is 41.1 Å². The van der Waals surface area contributed by atoms with E-state index >= 15 is 0 Å². The molecule has 1 saturated heterocycles. The number of benzene rings is 2. The van der Waals surface area contributed by atoms with Gasteiger partial charge in [-0.2, -0.15) is 0 Å². The molecule has 1 atom stereocenters. The maximum absolute atomic E-state index is 13.3. The normalized spacial score (nSPS) is 16.0. The van der Waals surface area contributed by atoms with Gasteiger partial charge in [-0.3, -0.25) is 19.2 Å². The Morgan fingerprint density at radius 3 is 2.28 bits per heavy atom. The summed E-state index contributed by atoms with van der Waals surface area (Å²) in [6, 6.07) is 10.3. The van der Waals surface area contributed by atoms with Crippen LogP contribution >= 0.6 is 0 Å². The van der Waals surface area contributed by atoms with Crippen molar-refractivity contribution in [1.29, 1.82) is 0 Å². The van der Waals surface area contributed by atoms with Gasteiger partial charge < -0.3 is 9.64 Å². The van der Waals surface area contributed by atoms with E-state index in [1.807, 2.05) is 13.0 Å². The molecule has 2 heterocycles. The summed E-state index contributed by atoms with van der Waals surface area (Å²) in [6.45, 7) is 6.30. The smallest absolute Gasteiger partial charge is 0.305 e. The summed E-state index contributed by atoms with van der Waals surface area (Å²) in [5, 5.41) is 0. The molecule has 0 unspecified atom stereocenters. The van der Waals surface area contributed by atoms with Crippen molar-refractivity contribution in [2.24, 2.45) is 5.92 Å². The summed E-state index contributed by atoms with van der Waals surface area (Å²) >= 11 is 0. The number of hydrogen-bond acceptors (Lipinski definition) is 5. The number of imide groups is 1. The van der Waals surface area contributed by atoms with Crippen molar-refractivity contribution in [2.75, 3.05) is 23.5 Å². The highest BCUT2D eigenvalue weighted by atomic mass is 16.5. The van der Waals surface area contributed by atoms with Crippen LogP contribution in [-0.4, -0.2) is 37.3 Å². The zero-order valence-corrected chi connectivity index (χ0v) is 18.1. The Kier molecular flexibility index (Phi) is 5.65.